The molecule has 2 heterocycles. The van der Waals surface area contributed by atoms with Crippen LogP contribution in [-0.4, -0.2) is 16.5 Å². The van der Waals surface area contributed by atoms with Crippen LogP contribution >= 0.6 is 15.9 Å². The summed E-state index contributed by atoms with van der Waals surface area (Å²) in [4.78, 5) is 8.62. The second-order valence-electron chi connectivity index (χ2n) is 3.86. The first kappa shape index (κ1) is 12.1. The van der Waals surface area contributed by atoms with Crippen LogP contribution in [0.15, 0.2) is 27.3 Å². The van der Waals surface area contributed by atoms with E-state index in [1.807, 2.05) is 32.0 Å². The number of aryl methyl sites for hydroxylation is 2. The largest absolute Gasteiger partial charge is 0.454 e. The Kier molecular flexibility index (Phi) is 3.78. The lowest BCUT2D eigenvalue weighted by Crippen LogP contribution is -2.08. The number of nitrogens with zero attached hydrogens (tertiary/aromatic N) is 2. The van der Waals surface area contributed by atoms with Crippen LogP contribution in [0.5, 0.6) is 0 Å². The number of halogens is 1. The van der Waals surface area contributed by atoms with Gasteiger partial charge >= 0.3 is 0 Å². The highest BCUT2D eigenvalue weighted by molar-refractivity contribution is 9.10. The van der Waals surface area contributed by atoms with Crippen molar-refractivity contribution >= 4 is 21.9 Å². The smallest absolute Gasteiger partial charge is 0.223 e. The van der Waals surface area contributed by atoms with Crippen LogP contribution in [0.25, 0.3) is 0 Å². The van der Waals surface area contributed by atoms with Crippen LogP contribution in [0.4, 0.5) is 5.95 Å². The van der Waals surface area contributed by atoms with E-state index in [0.29, 0.717) is 5.95 Å². The maximum absolute atomic E-state index is 5.40. The summed E-state index contributed by atoms with van der Waals surface area (Å²) in [7, 11) is 0. The number of hydrogen-bond donors (Lipinski definition) is 1. The molecule has 0 fully saturated rings. The van der Waals surface area contributed by atoms with Crippen molar-refractivity contribution in [1.82, 2.24) is 9.97 Å². The number of aromatic nitrogens is 2. The highest BCUT2D eigenvalue weighted by atomic mass is 79.9. The predicted molar refractivity (Wildman–Crippen MR) is 70.1 cm³/mol. The molecule has 0 spiro atoms. The Balaban J connectivity index is 1.89. The van der Waals surface area contributed by atoms with E-state index in [1.165, 1.54) is 0 Å². The van der Waals surface area contributed by atoms with Crippen LogP contribution in [0.2, 0.25) is 0 Å². The highest BCUT2D eigenvalue weighted by Gasteiger charge is 2.01. The van der Waals surface area contributed by atoms with Gasteiger partial charge in [0, 0.05) is 24.4 Å². The van der Waals surface area contributed by atoms with Gasteiger partial charge in [-0.15, -0.1) is 0 Å². The lowest BCUT2D eigenvalue weighted by molar-refractivity contribution is 0.491. The third kappa shape index (κ3) is 3.56. The van der Waals surface area contributed by atoms with Gasteiger partial charge in [0.25, 0.3) is 0 Å². The zero-order valence-electron chi connectivity index (χ0n) is 9.83. The number of hydrogen-bond acceptors (Lipinski definition) is 4. The first-order chi connectivity index (χ1) is 8.13. The third-order valence-corrected chi connectivity index (χ3v) is 2.69. The molecule has 0 saturated carbocycles. The fourth-order valence-corrected chi connectivity index (χ4v) is 1.93. The topological polar surface area (TPSA) is 51.0 Å². The molecule has 0 radical (unpaired) electrons. The Labute approximate surface area is 109 Å². The number of furan rings is 1. The molecular weight excluding hydrogens is 282 g/mol. The summed E-state index contributed by atoms with van der Waals surface area (Å²) in [6.45, 7) is 4.68. The average Bonchev–Trinajstić information content (AvgIpc) is 2.63. The molecule has 0 bridgehead atoms. The van der Waals surface area contributed by atoms with E-state index < -0.39 is 0 Å². The van der Waals surface area contributed by atoms with E-state index >= 15 is 0 Å². The number of anilines is 1. The molecule has 0 unspecified atom stereocenters. The molecule has 2 rings (SSSR count). The molecule has 4 nitrogen and oxygen atoms in total. The molecule has 90 valence electrons. The van der Waals surface area contributed by atoms with Gasteiger partial charge in [-0.2, -0.15) is 0 Å². The number of rotatable bonds is 4. The van der Waals surface area contributed by atoms with Crippen molar-refractivity contribution in [3.63, 3.8) is 0 Å². The van der Waals surface area contributed by atoms with Gasteiger partial charge in [-0.25, -0.2) is 9.97 Å². The highest BCUT2D eigenvalue weighted by Crippen LogP contribution is 2.14. The minimum absolute atomic E-state index is 0.674. The Hall–Kier alpha value is -1.36. The van der Waals surface area contributed by atoms with Gasteiger partial charge in [0.1, 0.15) is 5.76 Å². The Bertz CT molecular complexity index is 490. The van der Waals surface area contributed by atoms with E-state index in [1.54, 1.807) is 0 Å². The molecule has 5 heteroatoms. The first-order valence-corrected chi connectivity index (χ1v) is 6.23. The number of nitrogens with one attached hydrogen (secondary N) is 1. The van der Waals surface area contributed by atoms with E-state index in [9.17, 15) is 0 Å². The van der Waals surface area contributed by atoms with Crippen LogP contribution in [0.3, 0.4) is 0 Å². The van der Waals surface area contributed by atoms with Crippen molar-refractivity contribution in [1.29, 1.82) is 0 Å². The summed E-state index contributed by atoms with van der Waals surface area (Å²) in [6.07, 6.45) is 0.807. The van der Waals surface area contributed by atoms with Crippen molar-refractivity contribution in [3.8, 4) is 0 Å². The standard InChI is InChI=1S/C12H14BrN3O/c1-8-7-9(2)16-12(15-8)14-6-5-10-3-4-11(13)17-10/h3-4,7H,5-6H2,1-2H3,(H,14,15,16). The van der Waals surface area contributed by atoms with Gasteiger partial charge in [0.15, 0.2) is 4.67 Å². The summed E-state index contributed by atoms with van der Waals surface area (Å²) in [5, 5.41) is 3.19. The zero-order chi connectivity index (χ0) is 12.3. The Morgan fingerprint density at radius 1 is 1.24 bits per heavy atom. The molecule has 2 aromatic heterocycles. The zero-order valence-corrected chi connectivity index (χ0v) is 11.4. The average molecular weight is 296 g/mol. The van der Waals surface area contributed by atoms with Crippen LogP contribution in [-0.2, 0) is 6.42 Å². The SMILES string of the molecule is Cc1cc(C)nc(NCCc2ccc(Br)o2)n1. The molecule has 0 aromatic carbocycles. The van der Waals surface area contributed by atoms with Gasteiger partial charge in [-0.3, -0.25) is 0 Å². The van der Waals surface area contributed by atoms with Crippen LogP contribution < -0.4 is 5.32 Å². The first-order valence-electron chi connectivity index (χ1n) is 5.44. The minimum Gasteiger partial charge on any atom is -0.454 e. The van der Waals surface area contributed by atoms with Crippen molar-refractivity contribution < 1.29 is 4.42 Å². The normalized spacial score (nSPS) is 10.5. The minimum atomic E-state index is 0.674. The quantitative estimate of drug-likeness (QED) is 0.942. The molecule has 0 saturated heterocycles. The van der Waals surface area contributed by atoms with Gasteiger partial charge < -0.3 is 9.73 Å². The molecule has 0 aliphatic heterocycles. The lowest BCUT2D eigenvalue weighted by atomic mass is 10.3. The summed E-state index contributed by atoms with van der Waals surface area (Å²) >= 11 is 3.28. The van der Waals surface area contributed by atoms with Crippen molar-refractivity contribution in [2.24, 2.45) is 0 Å². The van der Waals surface area contributed by atoms with E-state index in [2.05, 4.69) is 31.2 Å². The second-order valence-corrected chi connectivity index (χ2v) is 4.64. The molecule has 1 N–H and O–H groups in total. The van der Waals surface area contributed by atoms with Crippen molar-refractivity contribution in [2.45, 2.75) is 20.3 Å². The van der Waals surface area contributed by atoms with E-state index in [4.69, 9.17) is 4.42 Å². The molecule has 2 aromatic rings. The van der Waals surface area contributed by atoms with Gasteiger partial charge in [-0.05, 0) is 48.0 Å². The molecule has 0 atom stereocenters. The summed E-state index contributed by atoms with van der Waals surface area (Å²) < 4.78 is 6.16. The molecular formula is C12H14BrN3O. The maximum Gasteiger partial charge on any atom is 0.223 e. The molecule has 0 aliphatic carbocycles. The Morgan fingerprint density at radius 2 is 1.94 bits per heavy atom. The van der Waals surface area contributed by atoms with Gasteiger partial charge in [0.05, 0.1) is 0 Å². The predicted octanol–water partition coefficient (Wildman–Crippen LogP) is 3.10. The molecule has 17 heavy (non-hydrogen) atoms. The van der Waals surface area contributed by atoms with Crippen molar-refractivity contribution in [3.05, 3.63) is 40.0 Å². The summed E-state index contributed by atoms with van der Waals surface area (Å²) in [5.74, 6) is 1.61. The fraction of sp³-hybridized carbons (Fsp3) is 0.333. The van der Waals surface area contributed by atoms with E-state index in [-0.39, 0.29) is 0 Å². The van der Waals surface area contributed by atoms with E-state index in [0.717, 1.165) is 34.8 Å². The molecule has 0 amide bonds. The Morgan fingerprint density at radius 3 is 2.53 bits per heavy atom. The fourth-order valence-electron chi connectivity index (χ4n) is 1.59. The van der Waals surface area contributed by atoms with Crippen LogP contribution in [0, 0.1) is 13.8 Å². The summed E-state index contributed by atoms with van der Waals surface area (Å²) in [6, 6.07) is 5.80. The third-order valence-electron chi connectivity index (χ3n) is 2.27. The summed E-state index contributed by atoms with van der Waals surface area (Å²) in [5.41, 5.74) is 1.95. The molecule has 0 aliphatic rings. The lowest BCUT2D eigenvalue weighted by Gasteiger charge is -2.05. The van der Waals surface area contributed by atoms with Gasteiger partial charge in [0.2, 0.25) is 5.95 Å². The second kappa shape index (κ2) is 5.31. The monoisotopic (exact) mass is 295 g/mol. The van der Waals surface area contributed by atoms with Crippen molar-refractivity contribution in [2.75, 3.05) is 11.9 Å². The maximum atomic E-state index is 5.40. The van der Waals surface area contributed by atoms with Crippen LogP contribution in [0.1, 0.15) is 17.1 Å². The van der Waals surface area contributed by atoms with Gasteiger partial charge in [-0.1, -0.05) is 0 Å².